The molecule has 0 radical (unpaired) electrons. The average molecular weight is 436 g/mol. The molecule has 4 rings (SSSR count). The molecule has 0 amide bonds. The van der Waals surface area contributed by atoms with Crippen molar-refractivity contribution in [2.24, 2.45) is 0 Å². The van der Waals surface area contributed by atoms with Gasteiger partial charge in [0.05, 0.1) is 18.0 Å². The first kappa shape index (κ1) is 18.3. The van der Waals surface area contributed by atoms with E-state index in [0.29, 0.717) is 5.56 Å². The second kappa shape index (κ2) is 7.88. The number of phenols is 1. The Morgan fingerprint density at radius 1 is 1.00 bits per heavy atom. The second-order valence-electron chi connectivity index (χ2n) is 6.40. The number of aromatic amines is 2. The largest absolute Gasteiger partial charge is 0.508 e. The first-order valence-corrected chi connectivity index (χ1v) is 9.52. The predicted octanol–water partition coefficient (Wildman–Crippen LogP) is 5.19. The van der Waals surface area contributed by atoms with Gasteiger partial charge in [0.2, 0.25) is 0 Å². The van der Waals surface area contributed by atoms with Crippen molar-refractivity contribution in [3.8, 4) is 5.75 Å². The Hall–Kier alpha value is -3.09. The Morgan fingerprint density at radius 3 is 2.75 bits per heavy atom. The maximum Gasteiger partial charge on any atom is 0.121 e. The number of aliphatic hydroxyl groups is 1. The number of hydrogen-bond donors (Lipinski definition) is 4. The Morgan fingerprint density at radius 2 is 1.89 bits per heavy atom. The monoisotopic (exact) mass is 435 g/mol. The van der Waals surface area contributed by atoms with Gasteiger partial charge in [-0.05, 0) is 59.0 Å². The summed E-state index contributed by atoms with van der Waals surface area (Å²) in [7, 11) is 0. The smallest absolute Gasteiger partial charge is 0.121 e. The highest BCUT2D eigenvalue weighted by Crippen LogP contribution is 2.28. The summed E-state index contributed by atoms with van der Waals surface area (Å²) in [6, 6.07) is 13.6. The Kier molecular flexibility index (Phi) is 5.14. The van der Waals surface area contributed by atoms with Crippen LogP contribution in [0.2, 0.25) is 0 Å². The summed E-state index contributed by atoms with van der Waals surface area (Å²) in [6.07, 6.45) is 9.65. The number of aliphatic hydroxyl groups excluding tert-OH is 1. The summed E-state index contributed by atoms with van der Waals surface area (Å²) in [5.74, 6) is 0.0672. The van der Waals surface area contributed by atoms with Crippen molar-refractivity contribution in [2.45, 2.75) is 6.61 Å². The SMILES string of the molecule is OCc1cc(Br)c(/C=C/c2cc(/C=C/c3ccc4cc[nH]c4c3)n[nH]2)cc1O. The third-order valence-corrected chi connectivity index (χ3v) is 5.14. The van der Waals surface area contributed by atoms with Crippen molar-refractivity contribution < 1.29 is 10.2 Å². The molecule has 0 spiro atoms. The van der Waals surface area contributed by atoms with Gasteiger partial charge in [0.15, 0.2) is 0 Å². The highest BCUT2D eigenvalue weighted by Gasteiger charge is 2.05. The van der Waals surface area contributed by atoms with Crippen LogP contribution in [0, 0.1) is 0 Å². The molecule has 0 aliphatic rings. The average Bonchev–Trinajstić information content (AvgIpc) is 3.35. The van der Waals surface area contributed by atoms with Gasteiger partial charge in [-0.3, -0.25) is 5.10 Å². The molecule has 4 N–H and O–H groups in total. The van der Waals surface area contributed by atoms with Crippen molar-refractivity contribution >= 4 is 51.1 Å². The van der Waals surface area contributed by atoms with Gasteiger partial charge in [0.25, 0.3) is 0 Å². The normalized spacial score (nSPS) is 11.9. The molecule has 0 saturated heterocycles. The molecule has 28 heavy (non-hydrogen) atoms. The van der Waals surface area contributed by atoms with Crippen molar-refractivity contribution in [1.29, 1.82) is 0 Å². The lowest BCUT2D eigenvalue weighted by Gasteiger charge is -2.05. The van der Waals surface area contributed by atoms with E-state index in [1.807, 2.05) is 42.6 Å². The van der Waals surface area contributed by atoms with Crippen LogP contribution in [0.5, 0.6) is 5.75 Å². The number of benzene rings is 2. The zero-order chi connectivity index (χ0) is 19.5. The minimum atomic E-state index is -0.207. The van der Waals surface area contributed by atoms with Gasteiger partial charge in [0.1, 0.15) is 5.75 Å². The number of aromatic nitrogens is 3. The minimum Gasteiger partial charge on any atom is -0.508 e. The molecule has 4 aromatic rings. The molecule has 2 aromatic carbocycles. The highest BCUT2D eigenvalue weighted by atomic mass is 79.9. The van der Waals surface area contributed by atoms with Crippen LogP contribution in [-0.2, 0) is 6.61 Å². The van der Waals surface area contributed by atoms with Crippen LogP contribution in [0.25, 0.3) is 35.2 Å². The van der Waals surface area contributed by atoms with Gasteiger partial charge in [-0.1, -0.05) is 40.2 Å². The summed E-state index contributed by atoms with van der Waals surface area (Å²) in [5, 5.41) is 27.6. The topological polar surface area (TPSA) is 84.9 Å². The van der Waals surface area contributed by atoms with Crippen LogP contribution in [-0.4, -0.2) is 25.4 Å². The number of hydrogen-bond acceptors (Lipinski definition) is 3. The van der Waals surface area contributed by atoms with Crippen LogP contribution in [0.4, 0.5) is 0 Å². The molecule has 2 heterocycles. The van der Waals surface area contributed by atoms with Gasteiger partial charge < -0.3 is 15.2 Å². The van der Waals surface area contributed by atoms with E-state index in [1.54, 1.807) is 12.1 Å². The van der Waals surface area contributed by atoms with E-state index in [2.05, 4.69) is 49.3 Å². The molecule has 2 aromatic heterocycles. The van der Waals surface area contributed by atoms with Crippen molar-refractivity contribution in [1.82, 2.24) is 15.2 Å². The Labute approximate surface area is 170 Å². The predicted molar refractivity (Wildman–Crippen MR) is 116 cm³/mol. The number of nitrogens with zero attached hydrogens (tertiary/aromatic N) is 1. The van der Waals surface area contributed by atoms with Crippen LogP contribution < -0.4 is 0 Å². The number of rotatable bonds is 5. The van der Waals surface area contributed by atoms with Gasteiger partial charge in [-0.25, -0.2) is 0 Å². The second-order valence-corrected chi connectivity index (χ2v) is 7.25. The van der Waals surface area contributed by atoms with Gasteiger partial charge in [-0.15, -0.1) is 0 Å². The van der Waals surface area contributed by atoms with E-state index >= 15 is 0 Å². The fourth-order valence-electron chi connectivity index (χ4n) is 2.93. The zero-order valence-corrected chi connectivity index (χ0v) is 16.4. The van der Waals surface area contributed by atoms with Gasteiger partial charge >= 0.3 is 0 Å². The lowest BCUT2D eigenvalue weighted by molar-refractivity contribution is 0.275. The van der Waals surface area contributed by atoms with Crippen molar-refractivity contribution in [3.63, 3.8) is 0 Å². The zero-order valence-electron chi connectivity index (χ0n) is 14.9. The molecule has 0 aliphatic carbocycles. The molecule has 0 saturated carbocycles. The van der Waals surface area contributed by atoms with Crippen LogP contribution in [0.1, 0.15) is 28.1 Å². The quantitative estimate of drug-likeness (QED) is 0.347. The van der Waals surface area contributed by atoms with Crippen LogP contribution >= 0.6 is 15.9 Å². The van der Waals surface area contributed by atoms with Gasteiger partial charge in [0, 0.05) is 21.7 Å². The first-order valence-electron chi connectivity index (χ1n) is 8.73. The third-order valence-electron chi connectivity index (χ3n) is 4.45. The summed E-state index contributed by atoms with van der Waals surface area (Å²) in [4.78, 5) is 3.21. The number of H-pyrrole nitrogens is 2. The Bertz CT molecular complexity index is 1190. The lowest BCUT2D eigenvalue weighted by Crippen LogP contribution is -1.86. The van der Waals surface area contributed by atoms with E-state index < -0.39 is 0 Å². The van der Waals surface area contributed by atoms with Crippen molar-refractivity contribution in [2.75, 3.05) is 0 Å². The van der Waals surface area contributed by atoms with Gasteiger partial charge in [-0.2, -0.15) is 5.10 Å². The number of aromatic hydroxyl groups is 1. The standard InChI is InChI=1S/C22H18BrN3O2/c23-20-10-17(13-27)22(28)11-16(20)4-6-19-12-18(25-26-19)5-2-14-1-3-15-7-8-24-21(15)9-14/h1-12,24,27-28H,13H2,(H,25,26)/b5-2+,6-4+. The molecule has 5 nitrogen and oxygen atoms in total. The van der Waals surface area contributed by atoms with Crippen molar-refractivity contribution in [3.05, 3.63) is 81.2 Å². The van der Waals surface area contributed by atoms with E-state index in [1.165, 1.54) is 5.39 Å². The highest BCUT2D eigenvalue weighted by molar-refractivity contribution is 9.10. The van der Waals surface area contributed by atoms with Crippen LogP contribution in [0.3, 0.4) is 0 Å². The van der Waals surface area contributed by atoms with E-state index in [9.17, 15) is 10.2 Å². The Balaban J connectivity index is 1.49. The fraction of sp³-hybridized carbons (Fsp3) is 0.0455. The molecule has 140 valence electrons. The summed E-state index contributed by atoms with van der Waals surface area (Å²) < 4.78 is 0.796. The van der Waals surface area contributed by atoms with E-state index in [0.717, 1.165) is 32.5 Å². The molecule has 0 bridgehead atoms. The maximum atomic E-state index is 9.90. The first-order chi connectivity index (χ1) is 13.6. The minimum absolute atomic E-state index is 0.0672. The fourth-order valence-corrected chi connectivity index (χ4v) is 3.45. The molecule has 0 fully saturated rings. The number of halogens is 1. The number of fused-ring (bicyclic) bond motifs is 1. The molecular weight excluding hydrogens is 418 g/mol. The van der Waals surface area contributed by atoms with Crippen LogP contribution in [0.15, 0.2) is 53.1 Å². The van der Waals surface area contributed by atoms with E-state index in [4.69, 9.17) is 0 Å². The summed E-state index contributed by atoms with van der Waals surface area (Å²) in [6.45, 7) is -0.207. The molecule has 0 aliphatic heterocycles. The third kappa shape index (κ3) is 3.93. The lowest BCUT2D eigenvalue weighted by atomic mass is 10.1. The summed E-state index contributed by atoms with van der Waals surface area (Å²) >= 11 is 3.45. The molecule has 0 unspecified atom stereocenters. The van der Waals surface area contributed by atoms with E-state index in [-0.39, 0.29) is 12.4 Å². The number of nitrogens with one attached hydrogen (secondary N) is 2. The molecular formula is C22H18BrN3O2. The molecule has 6 heteroatoms. The molecule has 0 atom stereocenters. The summed E-state index contributed by atoms with van der Waals surface area (Å²) in [5.41, 5.74) is 5.16. The maximum absolute atomic E-state index is 9.90.